The smallest absolute Gasteiger partial charge is 0.0805 e. The van der Waals surface area contributed by atoms with Crippen molar-refractivity contribution < 1.29 is 5.11 Å². The van der Waals surface area contributed by atoms with Gasteiger partial charge in [0.05, 0.1) is 6.10 Å². The standard InChI is InChI=1S/C13H20ClNO.ClH/c1-13(2,3)12(15)8-11(16)9-4-6-10(14)7-5-9;/h4-7,11-12,16H,8,15H2,1-3H3;1H/t11-,12-;/m1./s1. The summed E-state index contributed by atoms with van der Waals surface area (Å²) in [6.45, 7) is 6.23. The predicted octanol–water partition coefficient (Wildman–Crippen LogP) is 3.56. The van der Waals surface area contributed by atoms with Gasteiger partial charge in [0.25, 0.3) is 0 Å². The molecule has 0 fully saturated rings. The van der Waals surface area contributed by atoms with Gasteiger partial charge >= 0.3 is 0 Å². The molecule has 0 radical (unpaired) electrons. The molecule has 98 valence electrons. The Morgan fingerprint density at radius 1 is 1.24 bits per heavy atom. The maximum Gasteiger partial charge on any atom is 0.0805 e. The minimum absolute atomic E-state index is 0. The second kappa shape index (κ2) is 6.60. The quantitative estimate of drug-likeness (QED) is 0.888. The lowest BCUT2D eigenvalue weighted by Gasteiger charge is -2.29. The molecule has 1 aromatic rings. The maximum atomic E-state index is 10.0. The number of hydrogen-bond acceptors (Lipinski definition) is 2. The molecular weight excluding hydrogens is 257 g/mol. The highest BCUT2D eigenvalue weighted by Crippen LogP contribution is 2.27. The van der Waals surface area contributed by atoms with Crippen LogP contribution in [0.5, 0.6) is 0 Å². The third-order valence-corrected chi connectivity index (χ3v) is 3.10. The van der Waals surface area contributed by atoms with Crippen LogP contribution in [-0.2, 0) is 0 Å². The lowest BCUT2D eigenvalue weighted by Crippen LogP contribution is -2.36. The Hall–Kier alpha value is -0.280. The zero-order chi connectivity index (χ0) is 12.3. The molecule has 0 saturated carbocycles. The van der Waals surface area contributed by atoms with Crippen LogP contribution in [0, 0.1) is 5.41 Å². The molecule has 0 saturated heterocycles. The molecule has 3 N–H and O–H groups in total. The summed E-state index contributed by atoms with van der Waals surface area (Å²) < 4.78 is 0. The summed E-state index contributed by atoms with van der Waals surface area (Å²) in [6.07, 6.45) is 0.0389. The average Bonchev–Trinajstić information content (AvgIpc) is 2.17. The van der Waals surface area contributed by atoms with E-state index < -0.39 is 6.10 Å². The van der Waals surface area contributed by atoms with Gasteiger partial charge in [-0.2, -0.15) is 0 Å². The van der Waals surface area contributed by atoms with Crippen molar-refractivity contribution in [2.24, 2.45) is 11.1 Å². The Kier molecular flexibility index (Phi) is 6.49. The molecule has 0 amide bonds. The third-order valence-electron chi connectivity index (χ3n) is 2.84. The highest BCUT2D eigenvalue weighted by molar-refractivity contribution is 6.30. The fourth-order valence-electron chi connectivity index (χ4n) is 1.42. The van der Waals surface area contributed by atoms with Gasteiger partial charge in [-0.15, -0.1) is 12.4 Å². The molecular formula is C13H21Cl2NO. The number of aliphatic hydroxyl groups is 1. The second-order valence-corrected chi connectivity index (χ2v) is 5.71. The molecule has 0 aliphatic heterocycles. The van der Waals surface area contributed by atoms with Gasteiger partial charge in [-0.3, -0.25) is 0 Å². The highest BCUT2D eigenvalue weighted by atomic mass is 35.5. The maximum absolute atomic E-state index is 10.0. The third kappa shape index (κ3) is 5.26. The Morgan fingerprint density at radius 3 is 2.12 bits per heavy atom. The molecule has 17 heavy (non-hydrogen) atoms. The van der Waals surface area contributed by atoms with E-state index >= 15 is 0 Å². The summed E-state index contributed by atoms with van der Waals surface area (Å²) in [6, 6.07) is 7.20. The molecule has 1 aromatic carbocycles. The van der Waals surface area contributed by atoms with E-state index in [0.29, 0.717) is 11.4 Å². The Morgan fingerprint density at radius 2 is 1.71 bits per heavy atom. The molecule has 2 atom stereocenters. The van der Waals surface area contributed by atoms with Crippen molar-refractivity contribution in [1.29, 1.82) is 0 Å². The van der Waals surface area contributed by atoms with Crippen LogP contribution in [0.25, 0.3) is 0 Å². The lowest BCUT2D eigenvalue weighted by atomic mass is 9.83. The fourth-order valence-corrected chi connectivity index (χ4v) is 1.54. The first-order valence-corrected chi connectivity index (χ1v) is 5.87. The topological polar surface area (TPSA) is 46.2 Å². The SMILES string of the molecule is CC(C)(C)[C@H](N)C[C@@H](O)c1ccc(Cl)cc1.Cl. The van der Waals surface area contributed by atoms with Crippen LogP contribution < -0.4 is 5.73 Å². The van der Waals surface area contributed by atoms with Gasteiger partial charge in [-0.25, -0.2) is 0 Å². The first-order valence-electron chi connectivity index (χ1n) is 5.50. The van der Waals surface area contributed by atoms with Crippen molar-refractivity contribution in [3.05, 3.63) is 34.9 Å². The van der Waals surface area contributed by atoms with Crippen LogP contribution in [0.2, 0.25) is 5.02 Å². The summed E-state index contributed by atoms with van der Waals surface area (Å²) in [4.78, 5) is 0. The van der Waals surface area contributed by atoms with Crippen molar-refractivity contribution in [2.45, 2.75) is 39.3 Å². The number of rotatable bonds is 3. The van der Waals surface area contributed by atoms with E-state index in [9.17, 15) is 5.11 Å². The van der Waals surface area contributed by atoms with Crippen LogP contribution >= 0.6 is 24.0 Å². The minimum Gasteiger partial charge on any atom is -0.388 e. The molecule has 0 unspecified atom stereocenters. The van der Waals surface area contributed by atoms with Crippen molar-refractivity contribution in [3.8, 4) is 0 Å². The first kappa shape index (κ1) is 16.7. The first-order chi connectivity index (χ1) is 7.30. The van der Waals surface area contributed by atoms with Crippen LogP contribution in [0.3, 0.4) is 0 Å². The predicted molar refractivity (Wildman–Crippen MR) is 75.7 cm³/mol. The minimum atomic E-state index is -0.522. The average molecular weight is 278 g/mol. The van der Waals surface area contributed by atoms with Gasteiger partial charge in [-0.05, 0) is 29.5 Å². The zero-order valence-electron chi connectivity index (χ0n) is 10.5. The summed E-state index contributed by atoms with van der Waals surface area (Å²) in [7, 11) is 0. The molecule has 0 bridgehead atoms. The van der Waals surface area contributed by atoms with E-state index in [1.165, 1.54) is 0 Å². The van der Waals surface area contributed by atoms with Crippen LogP contribution in [0.1, 0.15) is 38.9 Å². The molecule has 2 nitrogen and oxygen atoms in total. The summed E-state index contributed by atoms with van der Waals surface area (Å²) >= 11 is 5.79. The largest absolute Gasteiger partial charge is 0.388 e. The van der Waals surface area contributed by atoms with E-state index in [-0.39, 0.29) is 23.9 Å². The number of nitrogens with two attached hydrogens (primary N) is 1. The number of benzene rings is 1. The van der Waals surface area contributed by atoms with Crippen LogP contribution in [0.4, 0.5) is 0 Å². The van der Waals surface area contributed by atoms with Crippen LogP contribution in [-0.4, -0.2) is 11.1 Å². The van der Waals surface area contributed by atoms with E-state index in [4.69, 9.17) is 17.3 Å². The van der Waals surface area contributed by atoms with E-state index in [1.54, 1.807) is 12.1 Å². The van der Waals surface area contributed by atoms with Crippen molar-refractivity contribution in [1.82, 2.24) is 0 Å². The molecule has 0 aliphatic rings. The zero-order valence-corrected chi connectivity index (χ0v) is 12.1. The molecule has 0 heterocycles. The van der Waals surface area contributed by atoms with Gasteiger partial charge in [0.2, 0.25) is 0 Å². The van der Waals surface area contributed by atoms with E-state index in [0.717, 1.165) is 5.56 Å². The molecule has 4 heteroatoms. The lowest BCUT2D eigenvalue weighted by molar-refractivity contribution is 0.133. The summed E-state index contributed by atoms with van der Waals surface area (Å²) in [5, 5.41) is 10.7. The van der Waals surface area contributed by atoms with Gasteiger partial charge in [0.1, 0.15) is 0 Å². The number of hydrogen-bond donors (Lipinski definition) is 2. The highest BCUT2D eigenvalue weighted by Gasteiger charge is 2.23. The summed E-state index contributed by atoms with van der Waals surface area (Å²) in [5.41, 5.74) is 6.91. The molecule has 1 rings (SSSR count). The van der Waals surface area contributed by atoms with Gasteiger partial charge in [-0.1, -0.05) is 44.5 Å². The van der Waals surface area contributed by atoms with Gasteiger partial charge in [0, 0.05) is 11.1 Å². The Bertz CT molecular complexity index is 332. The monoisotopic (exact) mass is 277 g/mol. The Balaban J connectivity index is 0.00000256. The van der Waals surface area contributed by atoms with Crippen molar-refractivity contribution in [2.75, 3.05) is 0 Å². The fraction of sp³-hybridized carbons (Fsp3) is 0.538. The summed E-state index contributed by atoms with van der Waals surface area (Å²) in [5.74, 6) is 0. The second-order valence-electron chi connectivity index (χ2n) is 5.28. The van der Waals surface area contributed by atoms with Crippen LogP contribution in [0.15, 0.2) is 24.3 Å². The normalized spacial score (nSPS) is 14.9. The molecule has 0 aliphatic carbocycles. The van der Waals surface area contributed by atoms with E-state index in [1.807, 2.05) is 12.1 Å². The number of halogens is 2. The van der Waals surface area contributed by atoms with Gasteiger partial charge < -0.3 is 10.8 Å². The molecule has 0 aromatic heterocycles. The van der Waals surface area contributed by atoms with E-state index in [2.05, 4.69) is 20.8 Å². The Labute approximate surface area is 115 Å². The van der Waals surface area contributed by atoms with Gasteiger partial charge in [0.15, 0.2) is 0 Å². The number of aliphatic hydroxyl groups excluding tert-OH is 1. The van der Waals surface area contributed by atoms with Crippen molar-refractivity contribution >= 4 is 24.0 Å². The van der Waals surface area contributed by atoms with Crippen molar-refractivity contribution in [3.63, 3.8) is 0 Å². The molecule has 0 spiro atoms.